The van der Waals surface area contributed by atoms with Crippen molar-refractivity contribution in [2.24, 2.45) is 5.92 Å². The summed E-state index contributed by atoms with van der Waals surface area (Å²) in [7, 11) is 0. The van der Waals surface area contributed by atoms with E-state index in [1.807, 2.05) is 37.4 Å². The molecule has 2 unspecified atom stereocenters. The highest BCUT2D eigenvalue weighted by Crippen LogP contribution is 2.22. The van der Waals surface area contributed by atoms with E-state index in [4.69, 9.17) is 4.74 Å². The number of carbonyl (C=O) groups excluding carboxylic acids is 1. The minimum Gasteiger partial charge on any atom is -0.444 e. The van der Waals surface area contributed by atoms with Crippen LogP contribution in [0.5, 0.6) is 0 Å². The summed E-state index contributed by atoms with van der Waals surface area (Å²) >= 11 is 1.67. The SMILES string of the molecule is CC(NCc1cncs1)C1CCCN(C(=O)OC(C)(C)C)C1. The third kappa shape index (κ3) is 5.25. The molecule has 0 aromatic carbocycles. The van der Waals surface area contributed by atoms with Crippen molar-refractivity contribution >= 4 is 17.4 Å². The monoisotopic (exact) mass is 325 g/mol. The Morgan fingerprint density at radius 2 is 2.36 bits per heavy atom. The molecule has 1 aromatic rings. The Bertz CT molecular complexity index is 470. The van der Waals surface area contributed by atoms with Crippen LogP contribution in [-0.2, 0) is 11.3 Å². The van der Waals surface area contributed by atoms with Gasteiger partial charge in [0.2, 0.25) is 0 Å². The number of nitrogens with zero attached hydrogens (tertiary/aromatic N) is 2. The number of amides is 1. The molecule has 0 spiro atoms. The van der Waals surface area contributed by atoms with Gasteiger partial charge in [-0.1, -0.05) is 0 Å². The second-order valence-electron chi connectivity index (χ2n) is 6.97. The van der Waals surface area contributed by atoms with Crippen molar-refractivity contribution in [2.75, 3.05) is 13.1 Å². The Morgan fingerprint density at radius 3 is 3.00 bits per heavy atom. The Morgan fingerprint density at radius 1 is 1.59 bits per heavy atom. The standard InChI is InChI=1S/C16H27N3O2S/c1-12(18-9-14-8-17-11-22-14)13-6-5-7-19(10-13)15(20)21-16(2,3)4/h8,11-13,18H,5-7,9-10H2,1-4H3. The van der Waals surface area contributed by atoms with Crippen molar-refractivity contribution in [3.05, 3.63) is 16.6 Å². The van der Waals surface area contributed by atoms with Crippen LogP contribution in [0.15, 0.2) is 11.7 Å². The van der Waals surface area contributed by atoms with Crippen LogP contribution in [0.3, 0.4) is 0 Å². The van der Waals surface area contributed by atoms with Gasteiger partial charge in [-0.05, 0) is 46.5 Å². The molecule has 2 heterocycles. The van der Waals surface area contributed by atoms with Crippen molar-refractivity contribution in [2.45, 2.75) is 58.7 Å². The van der Waals surface area contributed by atoms with E-state index in [0.717, 1.165) is 32.5 Å². The van der Waals surface area contributed by atoms with E-state index in [1.54, 1.807) is 11.3 Å². The third-order valence-corrected chi connectivity index (χ3v) is 4.68. The lowest BCUT2D eigenvalue weighted by atomic mass is 9.92. The number of rotatable bonds is 4. The molecule has 1 aliphatic rings. The number of hydrogen-bond acceptors (Lipinski definition) is 5. The number of nitrogens with one attached hydrogen (secondary N) is 1. The summed E-state index contributed by atoms with van der Waals surface area (Å²) in [5.41, 5.74) is 1.42. The molecule has 22 heavy (non-hydrogen) atoms. The van der Waals surface area contributed by atoms with Gasteiger partial charge in [0.05, 0.1) is 5.51 Å². The Hall–Kier alpha value is -1.14. The van der Waals surface area contributed by atoms with E-state index in [1.165, 1.54) is 4.88 Å². The zero-order valence-corrected chi connectivity index (χ0v) is 14.8. The predicted octanol–water partition coefficient (Wildman–Crippen LogP) is 3.27. The van der Waals surface area contributed by atoms with Gasteiger partial charge in [-0.15, -0.1) is 11.3 Å². The molecule has 6 heteroatoms. The first-order valence-corrected chi connectivity index (χ1v) is 8.82. The quantitative estimate of drug-likeness (QED) is 0.923. The minimum atomic E-state index is -0.430. The van der Waals surface area contributed by atoms with Crippen molar-refractivity contribution in [1.82, 2.24) is 15.2 Å². The molecule has 0 bridgehead atoms. The summed E-state index contributed by atoms with van der Waals surface area (Å²) in [6.07, 6.45) is 3.90. The molecule has 1 aromatic heterocycles. The van der Waals surface area contributed by atoms with Gasteiger partial charge >= 0.3 is 6.09 Å². The van der Waals surface area contributed by atoms with Crippen molar-refractivity contribution in [3.8, 4) is 0 Å². The lowest BCUT2D eigenvalue weighted by Crippen LogP contribution is -2.47. The molecule has 2 rings (SSSR count). The summed E-state index contributed by atoms with van der Waals surface area (Å²) in [4.78, 5) is 19.4. The van der Waals surface area contributed by atoms with Crippen molar-refractivity contribution in [3.63, 3.8) is 0 Å². The molecule has 0 radical (unpaired) electrons. The summed E-state index contributed by atoms with van der Waals surface area (Å²) < 4.78 is 5.48. The molecule has 2 atom stereocenters. The number of aromatic nitrogens is 1. The van der Waals surface area contributed by atoms with E-state index >= 15 is 0 Å². The number of hydrogen-bond donors (Lipinski definition) is 1. The number of likely N-dealkylation sites (tertiary alicyclic amines) is 1. The fraction of sp³-hybridized carbons (Fsp3) is 0.750. The molecule has 1 fully saturated rings. The first-order chi connectivity index (χ1) is 10.3. The summed E-state index contributed by atoms with van der Waals surface area (Å²) in [6, 6.07) is 0.368. The van der Waals surface area contributed by atoms with Crippen LogP contribution in [0.4, 0.5) is 4.79 Å². The Balaban J connectivity index is 1.82. The largest absolute Gasteiger partial charge is 0.444 e. The molecule has 0 saturated carbocycles. The fourth-order valence-electron chi connectivity index (χ4n) is 2.67. The van der Waals surface area contributed by atoms with E-state index in [-0.39, 0.29) is 6.09 Å². The van der Waals surface area contributed by atoms with Gasteiger partial charge in [0, 0.05) is 36.8 Å². The molecule has 1 N–H and O–H groups in total. The topological polar surface area (TPSA) is 54.5 Å². The zero-order valence-electron chi connectivity index (χ0n) is 14.0. The Kier molecular flexibility index (Phi) is 5.81. The molecule has 5 nitrogen and oxygen atoms in total. The molecule has 1 saturated heterocycles. The molecule has 124 valence electrons. The van der Waals surface area contributed by atoms with Gasteiger partial charge in [0.15, 0.2) is 0 Å². The van der Waals surface area contributed by atoms with E-state index in [0.29, 0.717) is 12.0 Å². The second-order valence-corrected chi connectivity index (χ2v) is 7.94. The Labute approximate surface area is 137 Å². The molecule has 1 aliphatic heterocycles. The van der Waals surface area contributed by atoms with Crippen molar-refractivity contribution in [1.29, 1.82) is 0 Å². The molecular formula is C16H27N3O2S. The first-order valence-electron chi connectivity index (χ1n) is 7.94. The van der Waals surface area contributed by atoms with Crippen LogP contribution >= 0.6 is 11.3 Å². The second kappa shape index (κ2) is 7.42. The van der Waals surface area contributed by atoms with Crippen LogP contribution in [0, 0.1) is 5.92 Å². The van der Waals surface area contributed by atoms with Gasteiger partial charge in [-0.2, -0.15) is 0 Å². The molecular weight excluding hydrogens is 298 g/mol. The highest BCUT2D eigenvalue weighted by Gasteiger charge is 2.29. The molecule has 0 aliphatic carbocycles. The van der Waals surface area contributed by atoms with Crippen LogP contribution in [0.1, 0.15) is 45.4 Å². The maximum absolute atomic E-state index is 12.2. The summed E-state index contributed by atoms with van der Waals surface area (Å²) in [5.74, 6) is 0.467. The van der Waals surface area contributed by atoms with Gasteiger partial charge < -0.3 is 15.0 Å². The van der Waals surface area contributed by atoms with Gasteiger partial charge in [-0.25, -0.2) is 4.79 Å². The molecule has 1 amide bonds. The van der Waals surface area contributed by atoms with E-state index in [2.05, 4.69) is 17.2 Å². The van der Waals surface area contributed by atoms with Crippen LogP contribution in [0.2, 0.25) is 0 Å². The van der Waals surface area contributed by atoms with Crippen LogP contribution in [0.25, 0.3) is 0 Å². The number of carbonyl (C=O) groups is 1. The smallest absolute Gasteiger partial charge is 0.410 e. The maximum atomic E-state index is 12.2. The van der Waals surface area contributed by atoms with Gasteiger partial charge in [-0.3, -0.25) is 4.98 Å². The highest BCUT2D eigenvalue weighted by atomic mass is 32.1. The van der Waals surface area contributed by atoms with Crippen LogP contribution < -0.4 is 5.32 Å². The van der Waals surface area contributed by atoms with Gasteiger partial charge in [0.25, 0.3) is 0 Å². The predicted molar refractivity (Wildman–Crippen MR) is 88.9 cm³/mol. The highest BCUT2D eigenvalue weighted by molar-refractivity contribution is 7.09. The van der Waals surface area contributed by atoms with E-state index < -0.39 is 5.60 Å². The lowest BCUT2D eigenvalue weighted by Gasteiger charge is -2.36. The zero-order chi connectivity index (χ0) is 16.2. The van der Waals surface area contributed by atoms with Crippen molar-refractivity contribution < 1.29 is 9.53 Å². The summed E-state index contributed by atoms with van der Waals surface area (Å²) in [6.45, 7) is 10.3. The average Bonchev–Trinajstić information content (AvgIpc) is 2.96. The lowest BCUT2D eigenvalue weighted by molar-refractivity contribution is 0.0148. The minimum absolute atomic E-state index is 0.188. The third-order valence-electron chi connectivity index (χ3n) is 3.90. The van der Waals surface area contributed by atoms with Gasteiger partial charge in [0.1, 0.15) is 5.60 Å². The first kappa shape index (κ1) is 17.2. The summed E-state index contributed by atoms with van der Waals surface area (Å²) in [5, 5.41) is 3.55. The number of ether oxygens (including phenoxy) is 1. The average molecular weight is 325 g/mol. The maximum Gasteiger partial charge on any atom is 0.410 e. The fourth-order valence-corrected chi connectivity index (χ4v) is 3.21. The number of thiazole rings is 1. The normalized spacial score (nSPS) is 20.7. The number of piperidine rings is 1. The van der Waals surface area contributed by atoms with E-state index in [9.17, 15) is 4.79 Å². The van der Waals surface area contributed by atoms with Crippen LogP contribution in [-0.4, -0.2) is 40.7 Å².